The molecule has 0 aliphatic heterocycles. The molecule has 3 aromatic rings. The van der Waals surface area contributed by atoms with Crippen molar-refractivity contribution in [2.75, 3.05) is 18.0 Å². The average Bonchev–Trinajstić information content (AvgIpc) is 2.94. The Kier molecular flexibility index (Phi) is 10.1. The third kappa shape index (κ3) is 7.38. The number of methoxy groups -OCH3 is 1. The molecule has 0 aliphatic rings. The number of ether oxygens (including phenoxy) is 1. The molecule has 0 fully saturated rings. The lowest BCUT2D eigenvalue weighted by molar-refractivity contribution is -0.139. The Morgan fingerprint density at radius 2 is 1.51 bits per heavy atom. The molecule has 3 rings (SSSR count). The normalized spacial score (nSPS) is 12.1. The van der Waals surface area contributed by atoms with Gasteiger partial charge in [-0.25, -0.2) is 8.42 Å². The molecule has 0 aliphatic carbocycles. The second kappa shape index (κ2) is 13.3. The lowest BCUT2D eigenvalue weighted by atomic mass is 10.1. The fraction of sp³-hybridized carbons (Fsp3) is 0.333. The van der Waals surface area contributed by atoms with Crippen molar-refractivity contribution in [3.05, 3.63) is 90.0 Å². The van der Waals surface area contributed by atoms with E-state index < -0.39 is 28.5 Å². The lowest BCUT2D eigenvalue weighted by Crippen LogP contribution is -2.52. The number of para-hydroxylation sites is 1. The van der Waals surface area contributed by atoms with Crippen molar-refractivity contribution in [2.24, 2.45) is 0 Å². The molecule has 1 atom stereocenters. The zero-order chi connectivity index (χ0) is 28.6. The van der Waals surface area contributed by atoms with Crippen LogP contribution in [0.5, 0.6) is 5.75 Å². The van der Waals surface area contributed by atoms with Crippen LogP contribution in [-0.2, 0) is 32.6 Å². The van der Waals surface area contributed by atoms with Gasteiger partial charge in [-0.05, 0) is 68.7 Å². The smallest absolute Gasteiger partial charge is 0.264 e. The minimum Gasteiger partial charge on any atom is -0.497 e. The van der Waals surface area contributed by atoms with E-state index in [2.05, 4.69) is 5.32 Å². The number of carbonyl (C=O) groups excluding carboxylic acids is 2. The summed E-state index contributed by atoms with van der Waals surface area (Å²) in [5.74, 6) is -0.153. The van der Waals surface area contributed by atoms with E-state index in [1.807, 2.05) is 45.0 Å². The van der Waals surface area contributed by atoms with Crippen molar-refractivity contribution in [3.63, 3.8) is 0 Å². The molecule has 8 nitrogen and oxygen atoms in total. The number of sulfonamides is 1. The molecule has 0 saturated carbocycles. The first-order valence-electron chi connectivity index (χ1n) is 13.0. The molecule has 0 spiro atoms. The summed E-state index contributed by atoms with van der Waals surface area (Å²) in [5, 5.41) is 2.86. The molecule has 39 heavy (non-hydrogen) atoms. The second-order valence-corrected chi connectivity index (χ2v) is 11.4. The lowest BCUT2D eigenvalue weighted by Gasteiger charge is -2.33. The summed E-state index contributed by atoms with van der Waals surface area (Å²) in [6.07, 6.45) is 0.577. The maximum absolute atomic E-state index is 14.0. The van der Waals surface area contributed by atoms with Gasteiger partial charge in [0.1, 0.15) is 18.3 Å². The molecule has 0 aromatic heterocycles. The van der Waals surface area contributed by atoms with Gasteiger partial charge in [-0.15, -0.1) is 0 Å². The van der Waals surface area contributed by atoms with Gasteiger partial charge in [0.25, 0.3) is 10.0 Å². The Morgan fingerprint density at radius 1 is 0.897 bits per heavy atom. The predicted octanol–water partition coefficient (Wildman–Crippen LogP) is 4.39. The van der Waals surface area contributed by atoms with Crippen molar-refractivity contribution < 1.29 is 22.7 Å². The first-order valence-corrected chi connectivity index (χ1v) is 14.4. The van der Waals surface area contributed by atoms with Crippen LogP contribution in [0.1, 0.15) is 38.8 Å². The number of rotatable bonds is 12. The molecule has 0 heterocycles. The molecule has 1 unspecified atom stereocenters. The van der Waals surface area contributed by atoms with Gasteiger partial charge in [0, 0.05) is 12.6 Å². The number of amides is 2. The van der Waals surface area contributed by atoms with Crippen molar-refractivity contribution in [2.45, 2.75) is 57.6 Å². The van der Waals surface area contributed by atoms with Gasteiger partial charge < -0.3 is 15.0 Å². The maximum Gasteiger partial charge on any atom is 0.264 e. The summed E-state index contributed by atoms with van der Waals surface area (Å²) in [6.45, 7) is 6.91. The number of hydrogen-bond donors (Lipinski definition) is 1. The van der Waals surface area contributed by atoms with Gasteiger partial charge in [0.05, 0.1) is 17.7 Å². The van der Waals surface area contributed by atoms with E-state index in [0.29, 0.717) is 17.9 Å². The van der Waals surface area contributed by atoms with E-state index >= 15 is 0 Å². The minimum atomic E-state index is -4.09. The first kappa shape index (κ1) is 29.7. The Balaban J connectivity index is 2.05. The van der Waals surface area contributed by atoms with Gasteiger partial charge >= 0.3 is 0 Å². The van der Waals surface area contributed by atoms with Crippen LogP contribution >= 0.6 is 0 Å². The Morgan fingerprint density at radius 3 is 2.10 bits per heavy atom. The predicted molar refractivity (Wildman–Crippen MR) is 153 cm³/mol. The molecule has 0 radical (unpaired) electrons. The van der Waals surface area contributed by atoms with Gasteiger partial charge in [0.2, 0.25) is 11.8 Å². The van der Waals surface area contributed by atoms with Crippen LogP contribution in [0.25, 0.3) is 0 Å². The monoisotopic (exact) mass is 551 g/mol. The molecule has 1 N–H and O–H groups in total. The number of anilines is 1. The maximum atomic E-state index is 14.0. The van der Waals surface area contributed by atoms with Gasteiger partial charge in [-0.1, -0.05) is 55.5 Å². The summed E-state index contributed by atoms with van der Waals surface area (Å²) >= 11 is 0. The van der Waals surface area contributed by atoms with E-state index in [9.17, 15) is 18.0 Å². The van der Waals surface area contributed by atoms with E-state index in [-0.39, 0.29) is 23.4 Å². The number of carbonyl (C=O) groups is 2. The second-order valence-electron chi connectivity index (χ2n) is 9.52. The molecular weight excluding hydrogens is 514 g/mol. The molecular formula is C30H37N3O5S. The highest BCUT2D eigenvalue weighted by atomic mass is 32.2. The summed E-state index contributed by atoms with van der Waals surface area (Å²) in [5.41, 5.74) is 2.00. The largest absolute Gasteiger partial charge is 0.497 e. The zero-order valence-electron chi connectivity index (χ0n) is 23.1. The molecule has 9 heteroatoms. The molecule has 0 saturated heterocycles. The summed E-state index contributed by atoms with van der Waals surface area (Å²) in [4.78, 5) is 28.5. The van der Waals surface area contributed by atoms with Crippen molar-refractivity contribution in [1.82, 2.24) is 10.2 Å². The van der Waals surface area contributed by atoms with Crippen molar-refractivity contribution in [1.29, 1.82) is 0 Å². The molecule has 3 aromatic carbocycles. The quantitative estimate of drug-likeness (QED) is 0.360. The standard InChI is InChI=1S/C30H37N3O5S/c1-6-25-12-10-11-15-28(25)33(39(36,37)27-13-8-7-9-14-27)21-29(34)32(23(4)30(35)31-22(2)3)20-24-16-18-26(38-5)19-17-24/h7-19,22-23H,6,20-21H2,1-5H3,(H,31,35). The van der Waals surface area contributed by atoms with E-state index in [0.717, 1.165) is 15.4 Å². The molecule has 2 amide bonds. The van der Waals surface area contributed by atoms with Crippen LogP contribution in [0, 0.1) is 0 Å². The van der Waals surface area contributed by atoms with Gasteiger partial charge in [-0.2, -0.15) is 0 Å². The van der Waals surface area contributed by atoms with Crippen LogP contribution in [0.3, 0.4) is 0 Å². The topological polar surface area (TPSA) is 96.0 Å². The number of hydrogen-bond acceptors (Lipinski definition) is 5. The van der Waals surface area contributed by atoms with Crippen molar-refractivity contribution in [3.8, 4) is 5.75 Å². The highest BCUT2D eigenvalue weighted by Crippen LogP contribution is 2.28. The fourth-order valence-corrected chi connectivity index (χ4v) is 5.67. The molecule has 208 valence electrons. The van der Waals surface area contributed by atoms with E-state index in [1.165, 1.54) is 17.0 Å². The number of nitrogens with zero attached hydrogens (tertiary/aromatic N) is 2. The highest BCUT2D eigenvalue weighted by molar-refractivity contribution is 7.92. The SMILES string of the molecule is CCc1ccccc1N(CC(=O)N(Cc1ccc(OC)cc1)C(C)C(=O)NC(C)C)S(=O)(=O)c1ccccc1. The Hall–Kier alpha value is -3.85. The van der Waals surface area contributed by atoms with Crippen LogP contribution in [0.4, 0.5) is 5.69 Å². The van der Waals surface area contributed by atoms with E-state index in [1.54, 1.807) is 56.5 Å². The first-order chi connectivity index (χ1) is 18.6. The van der Waals surface area contributed by atoms with Crippen LogP contribution in [0.2, 0.25) is 0 Å². The van der Waals surface area contributed by atoms with Crippen LogP contribution in [-0.4, -0.2) is 50.9 Å². The summed E-state index contributed by atoms with van der Waals surface area (Å²) in [7, 11) is -2.52. The third-order valence-electron chi connectivity index (χ3n) is 6.36. The van der Waals surface area contributed by atoms with Crippen LogP contribution in [0.15, 0.2) is 83.8 Å². The number of aryl methyl sites for hydroxylation is 1. The summed E-state index contributed by atoms with van der Waals surface area (Å²) < 4.78 is 34.2. The van der Waals surface area contributed by atoms with Crippen molar-refractivity contribution >= 4 is 27.5 Å². The van der Waals surface area contributed by atoms with E-state index in [4.69, 9.17) is 4.74 Å². The third-order valence-corrected chi connectivity index (χ3v) is 8.14. The highest BCUT2D eigenvalue weighted by Gasteiger charge is 2.33. The number of nitrogens with one attached hydrogen (secondary N) is 1. The zero-order valence-corrected chi connectivity index (χ0v) is 23.9. The van der Waals surface area contributed by atoms with Gasteiger partial charge in [0.15, 0.2) is 0 Å². The minimum absolute atomic E-state index is 0.0796. The molecule has 0 bridgehead atoms. The number of benzene rings is 3. The van der Waals surface area contributed by atoms with Crippen LogP contribution < -0.4 is 14.4 Å². The van der Waals surface area contributed by atoms with Gasteiger partial charge in [-0.3, -0.25) is 13.9 Å². The summed E-state index contributed by atoms with van der Waals surface area (Å²) in [6, 6.07) is 21.4. The average molecular weight is 552 g/mol. The fourth-order valence-electron chi connectivity index (χ4n) is 4.20. The Labute approximate surface area is 231 Å². The Bertz CT molecular complexity index is 1360.